The molecule has 0 bridgehead atoms. The van der Waals surface area contributed by atoms with Crippen LogP contribution < -0.4 is 5.32 Å². The van der Waals surface area contributed by atoms with E-state index in [1.54, 1.807) is 6.07 Å². The molecule has 0 unspecified atom stereocenters. The van der Waals surface area contributed by atoms with Crippen molar-refractivity contribution >= 4 is 18.3 Å². The van der Waals surface area contributed by atoms with Gasteiger partial charge in [0.15, 0.2) is 0 Å². The Morgan fingerprint density at radius 2 is 1.92 bits per heavy atom. The average Bonchev–Trinajstić information content (AvgIpc) is 3.15. The Hall–Kier alpha value is -1.98. The van der Waals surface area contributed by atoms with E-state index in [1.165, 1.54) is 11.1 Å². The molecule has 4 rings (SSSR count). The molecule has 26 heavy (non-hydrogen) atoms. The van der Waals surface area contributed by atoms with E-state index < -0.39 is 0 Å². The van der Waals surface area contributed by atoms with Crippen molar-refractivity contribution in [1.29, 1.82) is 0 Å². The summed E-state index contributed by atoms with van der Waals surface area (Å²) in [4.78, 5) is 24.0. The molecule has 0 saturated carbocycles. The largest absolute Gasteiger partial charge is 0.330 e. The highest BCUT2D eigenvalue weighted by atomic mass is 35.5. The Bertz CT molecular complexity index is 805. The number of fused-ring (bicyclic) bond motifs is 1. The number of carbonyl (C=O) groups is 1. The van der Waals surface area contributed by atoms with Crippen LogP contribution >= 0.6 is 12.4 Å². The Balaban J connectivity index is 0.00000196. The SMILES string of the molecule is Cc1cc(C(=O)N2C[C@@H]3CNC[C@@H]3[C@@H]2c2ccccc2C)nc(C)n1.Cl. The molecular formula is C20H25ClN4O. The van der Waals surface area contributed by atoms with Crippen LogP contribution in [0, 0.1) is 32.6 Å². The van der Waals surface area contributed by atoms with Gasteiger partial charge in [-0.25, -0.2) is 9.97 Å². The van der Waals surface area contributed by atoms with Crippen molar-refractivity contribution in [2.45, 2.75) is 26.8 Å². The third-order valence-corrected chi connectivity index (χ3v) is 5.52. The third-order valence-electron chi connectivity index (χ3n) is 5.52. The molecule has 0 aliphatic carbocycles. The van der Waals surface area contributed by atoms with Gasteiger partial charge in [0, 0.05) is 31.2 Å². The Morgan fingerprint density at radius 3 is 2.65 bits per heavy atom. The van der Waals surface area contributed by atoms with Crippen LogP contribution in [0.4, 0.5) is 0 Å². The van der Waals surface area contributed by atoms with Crippen LogP contribution in [0.25, 0.3) is 0 Å². The molecule has 2 saturated heterocycles. The summed E-state index contributed by atoms with van der Waals surface area (Å²) in [6.07, 6.45) is 0. The molecule has 2 aliphatic rings. The first kappa shape index (κ1) is 18.8. The fraction of sp³-hybridized carbons (Fsp3) is 0.450. The highest BCUT2D eigenvalue weighted by molar-refractivity contribution is 5.93. The third kappa shape index (κ3) is 3.21. The molecule has 0 radical (unpaired) electrons. The summed E-state index contributed by atoms with van der Waals surface area (Å²) in [6, 6.07) is 10.3. The van der Waals surface area contributed by atoms with E-state index in [-0.39, 0.29) is 24.4 Å². The quantitative estimate of drug-likeness (QED) is 0.880. The van der Waals surface area contributed by atoms with E-state index in [9.17, 15) is 4.79 Å². The second kappa shape index (κ2) is 7.33. The molecule has 1 aromatic heterocycles. The van der Waals surface area contributed by atoms with E-state index in [0.29, 0.717) is 23.4 Å². The second-order valence-electron chi connectivity index (χ2n) is 7.28. The predicted octanol–water partition coefficient (Wildman–Crippen LogP) is 2.86. The normalized spacial score (nSPS) is 24.3. The van der Waals surface area contributed by atoms with E-state index in [4.69, 9.17) is 0 Å². The van der Waals surface area contributed by atoms with Crippen LogP contribution in [0.5, 0.6) is 0 Å². The summed E-state index contributed by atoms with van der Waals surface area (Å²) < 4.78 is 0. The van der Waals surface area contributed by atoms with Gasteiger partial charge < -0.3 is 10.2 Å². The maximum atomic E-state index is 13.3. The lowest BCUT2D eigenvalue weighted by Gasteiger charge is -2.29. The molecule has 138 valence electrons. The van der Waals surface area contributed by atoms with Crippen molar-refractivity contribution < 1.29 is 4.79 Å². The molecular weight excluding hydrogens is 348 g/mol. The minimum atomic E-state index is 0. The Morgan fingerprint density at radius 1 is 1.15 bits per heavy atom. The summed E-state index contributed by atoms with van der Waals surface area (Å²) in [5.74, 6) is 1.65. The first-order chi connectivity index (χ1) is 12.0. The molecule has 3 atom stereocenters. The van der Waals surface area contributed by atoms with Crippen LogP contribution in [-0.2, 0) is 0 Å². The number of halogens is 1. The molecule has 1 amide bonds. The van der Waals surface area contributed by atoms with Gasteiger partial charge in [0.25, 0.3) is 5.91 Å². The predicted molar refractivity (Wildman–Crippen MR) is 104 cm³/mol. The second-order valence-corrected chi connectivity index (χ2v) is 7.28. The summed E-state index contributed by atoms with van der Waals surface area (Å²) in [5.41, 5.74) is 3.85. The maximum Gasteiger partial charge on any atom is 0.273 e. The number of likely N-dealkylation sites (tertiary alicyclic amines) is 1. The molecule has 6 heteroatoms. The van der Waals surface area contributed by atoms with E-state index in [0.717, 1.165) is 25.3 Å². The standard InChI is InChI=1S/C20H24N4O.ClH/c1-12-6-4-5-7-16(12)19-17-10-21-9-15(17)11-24(19)20(25)18-8-13(2)22-14(3)23-18;/h4-8,15,17,19,21H,9-11H2,1-3H3;1H/t15-,17-,19-;/m0./s1. The van der Waals surface area contributed by atoms with Crippen LogP contribution in [0.1, 0.15) is 39.2 Å². The number of amides is 1. The van der Waals surface area contributed by atoms with Crippen LogP contribution in [0.2, 0.25) is 0 Å². The van der Waals surface area contributed by atoms with Crippen molar-refractivity contribution in [2.24, 2.45) is 11.8 Å². The van der Waals surface area contributed by atoms with Crippen LogP contribution in [0.15, 0.2) is 30.3 Å². The monoisotopic (exact) mass is 372 g/mol. The summed E-state index contributed by atoms with van der Waals surface area (Å²) >= 11 is 0. The number of rotatable bonds is 2. The molecule has 0 spiro atoms. The molecule has 1 aromatic carbocycles. The van der Waals surface area contributed by atoms with Gasteiger partial charge in [0.1, 0.15) is 11.5 Å². The minimum Gasteiger partial charge on any atom is -0.330 e. The number of hydrogen-bond acceptors (Lipinski definition) is 4. The number of aromatic nitrogens is 2. The van der Waals surface area contributed by atoms with Gasteiger partial charge in [0.05, 0.1) is 6.04 Å². The van der Waals surface area contributed by atoms with Crippen molar-refractivity contribution in [1.82, 2.24) is 20.2 Å². The molecule has 2 fully saturated rings. The van der Waals surface area contributed by atoms with Gasteiger partial charge in [-0.3, -0.25) is 4.79 Å². The van der Waals surface area contributed by atoms with Gasteiger partial charge in [-0.05, 0) is 43.9 Å². The summed E-state index contributed by atoms with van der Waals surface area (Å²) in [7, 11) is 0. The topological polar surface area (TPSA) is 58.1 Å². The smallest absolute Gasteiger partial charge is 0.273 e. The number of nitrogens with zero attached hydrogens (tertiary/aromatic N) is 3. The zero-order chi connectivity index (χ0) is 17.6. The van der Waals surface area contributed by atoms with E-state index in [1.807, 2.05) is 18.7 Å². The van der Waals surface area contributed by atoms with Gasteiger partial charge in [-0.2, -0.15) is 0 Å². The lowest BCUT2D eigenvalue weighted by molar-refractivity contribution is 0.0707. The first-order valence-corrected chi connectivity index (χ1v) is 8.94. The van der Waals surface area contributed by atoms with Crippen molar-refractivity contribution in [2.75, 3.05) is 19.6 Å². The average molecular weight is 373 g/mol. The maximum absolute atomic E-state index is 13.3. The Kier molecular flexibility index (Phi) is 5.30. The number of carbonyl (C=O) groups excluding carboxylic acids is 1. The zero-order valence-corrected chi connectivity index (χ0v) is 16.2. The van der Waals surface area contributed by atoms with Crippen molar-refractivity contribution in [3.63, 3.8) is 0 Å². The van der Waals surface area contributed by atoms with Gasteiger partial charge in [0.2, 0.25) is 0 Å². The zero-order valence-electron chi connectivity index (χ0n) is 15.4. The minimum absolute atomic E-state index is 0. The highest BCUT2D eigenvalue weighted by Crippen LogP contribution is 2.44. The molecule has 2 aromatic rings. The van der Waals surface area contributed by atoms with Gasteiger partial charge in [-0.1, -0.05) is 24.3 Å². The number of aryl methyl sites for hydroxylation is 3. The van der Waals surface area contributed by atoms with E-state index in [2.05, 4.69) is 46.5 Å². The fourth-order valence-corrected chi connectivity index (χ4v) is 4.42. The first-order valence-electron chi connectivity index (χ1n) is 8.94. The molecule has 5 nitrogen and oxygen atoms in total. The molecule has 3 heterocycles. The van der Waals surface area contributed by atoms with E-state index >= 15 is 0 Å². The molecule has 2 aliphatic heterocycles. The highest BCUT2D eigenvalue weighted by Gasteiger charge is 2.47. The Labute approximate surface area is 160 Å². The fourth-order valence-electron chi connectivity index (χ4n) is 4.42. The van der Waals surface area contributed by atoms with Crippen molar-refractivity contribution in [3.05, 3.63) is 58.7 Å². The van der Waals surface area contributed by atoms with Gasteiger partial charge >= 0.3 is 0 Å². The lowest BCUT2D eigenvalue weighted by Crippen LogP contribution is -2.35. The number of benzene rings is 1. The van der Waals surface area contributed by atoms with Crippen LogP contribution in [0.3, 0.4) is 0 Å². The van der Waals surface area contributed by atoms with Crippen LogP contribution in [-0.4, -0.2) is 40.4 Å². The van der Waals surface area contributed by atoms with Gasteiger partial charge in [-0.15, -0.1) is 12.4 Å². The number of nitrogens with one attached hydrogen (secondary N) is 1. The van der Waals surface area contributed by atoms with Crippen molar-refractivity contribution in [3.8, 4) is 0 Å². The summed E-state index contributed by atoms with van der Waals surface area (Å²) in [5, 5.41) is 3.50. The lowest BCUT2D eigenvalue weighted by atomic mass is 9.87. The molecule has 1 N–H and O–H groups in total. The number of hydrogen-bond donors (Lipinski definition) is 1. The summed E-state index contributed by atoms with van der Waals surface area (Å²) in [6.45, 7) is 8.62.